The van der Waals surface area contributed by atoms with E-state index in [4.69, 9.17) is 4.74 Å². The van der Waals surface area contributed by atoms with Crippen LogP contribution in [0, 0.1) is 5.92 Å². The number of nitrogens with zero attached hydrogens (tertiary/aromatic N) is 3. The Hall–Kier alpha value is -3.61. The van der Waals surface area contributed by atoms with E-state index >= 15 is 0 Å². The van der Waals surface area contributed by atoms with Crippen LogP contribution in [0.4, 0.5) is 10.5 Å². The fraction of sp³-hybridized carbons (Fsp3) is 0.261. The first-order valence-electron chi connectivity index (χ1n) is 9.98. The number of ether oxygens (including phenoxy) is 1. The molecule has 1 fully saturated rings. The summed E-state index contributed by atoms with van der Waals surface area (Å²) in [5.74, 6) is 0.804. The van der Waals surface area contributed by atoms with E-state index in [9.17, 15) is 9.59 Å². The molecule has 1 aliphatic heterocycles. The lowest BCUT2D eigenvalue weighted by molar-refractivity contribution is 0.0859. The highest BCUT2D eigenvalue weighted by molar-refractivity contribution is 5.98. The number of Topliss-reactive ketones (excluding diaryl/α,β-unsaturated/α-hetero) is 1. The summed E-state index contributed by atoms with van der Waals surface area (Å²) >= 11 is 0. The molecule has 2 heterocycles. The number of ketones is 1. The number of hydrogen-bond acceptors (Lipinski definition) is 4. The molecule has 1 aliphatic rings. The number of hydrogen-bond donors (Lipinski definition) is 1. The zero-order valence-corrected chi connectivity index (χ0v) is 16.8. The number of amides is 2. The van der Waals surface area contributed by atoms with Crippen LogP contribution in [-0.4, -0.2) is 46.7 Å². The largest absolute Gasteiger partial charge is 0.497 e. The van der Waals surface area contributed by atoms with Gasteiger partial charge in [0.25, 0.3) is 0 Å². The van der Waals surface area contributed by atoms with Gasteiger partial charge in [0, 0.05) is 42.7 Å². The SMILES string of the molecule is COc1ccc(C(=O)C2CCN(C(=O)Nc3ccc(-n4cccn4)cc3)CC2)cc1. The van der Waals surface area contributed by atoms with E-state index in [1.807, 2.05) is 36.5 Å². The monoisotopic (exact) mass is 404 g/mol. The molecule has 0 aliphatic carbocycles. The minimum absolute atomic E-state index is 0.0594. The maximum Gasteiger partial charge on any atom is 0.321 e. The standard InChI is InChI=1S/C23H24N4O3/c1-30-21-9-3-17(4-10-21)22(28)18-11-15-26(16-12-18)23(29)25-19-5-7-20(8-6-19)27-14-2-13-24-27/h2-10,13-14,18H,11-12,15-16H2,1H3,(H,25,29). The van der Waals surface area contributed by atoms with Crippen LogP contribution in [-0.2, 0) is 0 Å². The number of rotatable bonds is 5. The van der Waals surface area contributed by atoms with E-state index in [1.165, 1.54) is 0 Å². The van der Waals surface area contributed by atoms with Gasteiger partial charge in [0.1, 0.15) is 5.75 Å². The van der Waals surface area contributed by atoms with Crippen LogP contribution >= 0.6 is 0 Å². The Bertz CT molecular complexity index is 990. The van der Waals surface area contributed by atoms with Gasteiger partial charge in [-0.3, -0.25) is 4.79 Å². The number of urea groups is 1. The summed E-state index contributed by atoms with van der Waals surface area (Å²) in [6.45, 7) is 1.12. The van der Waals surface area contributed by atoms with Crippen molar-refractivity contribution in [2.75, 3.05) is 25.5 Å². The summed E-state index contributed by atoms with van der Waals surface area (Å²) in [6, 6.07) is 16.4. The van der Waals surface area contributed by atoms with E-state index in [0.29, 0.717) is 31.5 Å². The highest BCUT2D eigenvalue weighted by Gasteiger charge is 2.28. The Morgan fingerprint density at radius 3 is 2.33 bits per heavy atom. The van der Waals surface area contributed by atoms with E-state index < -0.39 is 0 Å². The Balaban J connectivity index is 1.30. The van der Waals surface area contributed by atoms with Crippen LogP contribution < -0.4 is 10.1 Å². The summed E-state index contributed by atoms with van der Waals surface area (Å²) in [6.07, 6.45) is 4.91. The molecule has 0 radical (unpaired) electrons. The second kappa shape index (κ2) is 8.82. The average Bonchev–Trinajstić information content (AvgIpc) is 3.34. The molecule has 7 heteroatoms. The molecule has 0 spiro atoms. The Kier molecular flexibility index (Phi) is 5.79. The fourth-order valence-electron chi connectivity index (χ4n) is 3.66. The smallest absolute Gasteiger partial charge is 0.321 e. The number of piperidine rings is 1. The molecule has 2 amide bonds. The first kappa shape index (κ1) is 19.7. The highest BCUT2D eigenvalue weighted by atomic mass is 16.5. The molecular formula is C23H24N4O3. The zero-order chi connectivity index (χ0) is 20.9. The molecule has 1 saturated heterocycles. The summed E-state index contributed by atoms with van der Waals surface area (Å²) in [5, 5.41) is 7.12. The molecule has 0 atom stereocenters. The molecule has 3 aromatic rings. The van der Waals surface area contributed by atoms with Gasteiger partial charge in [-0.05, 0) is 67.4 Å². The molecule has 1 aromatic heterocycles. The van der Waals surface area contributed by atoms with Crippen molar-refractivity contribution in [2.45, 2.75) is 12.8 Å². The lowest BCUT2D eigenvalue weighted by Gasteiger charge is -2.31. The maximum atomic E-state index is 12.7. The number of aromatic nitrogens is 2. The molecule has 7 nitrogen and oxygen atoms in total. The van der Waals surface area contributed by atoms with Crippen molar-refractivity contribution in [3.63, 3.8) is 0 Å². The van der Waals surface area contributed by atoms with Gasteiger partial charge >= 0.3 is 6.03 Å². The summed E-state index contributed by atoms with van der Waals surface area (Å²) < 4.78 is 6.90. The average molecular weight is 404 g/mol. The number of carbonyl (C=O) groups excluding carboxylic acids is 2. The van der Waals surface area contributed by atoms with Crippen molar-refractivity contribution in [3.05, 3.63) is 72.6 Å². The van der Waals surface area contributed by atoms with Gasteiger partial charge in [-0.1, -0.05) is 0 Å². The van der Waals surface area contributed by atoms with Crippen LogP contribution in [0.2, 0.25) is 0 Å². The minimum atomic E-state index is -0.141. The number of anilines is 1. The van der Waals surface area contributed by atoms with Gasteiger partial charge in [-0.25, -0.2) is 9.48 Å². The van der Waals surface area contributed by atoms with Gasteiger partial charge in [-0.15, -0.1) is 0 Å². The zero-order valence-electron chi connectivity index (χ0n) is 16.8. The number of benzene rings is 2. The van der Waals surface area contributed by atoms with Gasteiger partial charge < -0.3 is 15.0 Å². The quantitative estimate of drug-likeness (QED) is 0.652. The molecule has 4 rings (SSSR count). The highest BCUT2D eigenvalue weighted by Crippen LogP contribution is 2.24. The third-order valence-electron chi connectivity index (χ3n) is 5.42. The second-order valence-corrected chi connectivity index (χ2v) is 7.28. The molecule has 0 unspecified atom stereocenters. The molecular weight excluding hydrogens is 380 g/mol. The molecule has 154 valence electrons. The number of carbonyl (C=O) groups is 2. The second-order valence-electron chi connectivity index (χ2n) is 7.28. The van der Waals surface area contributed by atoms with E-state index in [1.54, 1.807) is 47.2 Å². The predicted molar refractivity (Wildman–Crippen MR) is 114 cm³/mol. The van der Waals surface area contributed by atoms with E-state index in [2.05, 4.69) is 10.4 Å². The third-order valence-corrected chi connectivity index (χ3v) is 5.42. The number of nitrogens with one attached hydrogen (secondary N) is 1. The van der Waals surface area contributed by atoms with Gasteiger partial charge in [0.2, 0.25) is 0 Å². The molecule has 2 aromatic carbocycles. The van der Waals surface area contributed by atoms with Gasteiger partial charge in [-0.2, -0.15) is 5.10 Å². The Morgan fingerprint density at radius 2 is 1.73 bits per heavy atom. The maximum absolute atomic E-state index is 12.7. The first-order chi connectivity index (χ1) is 14.6. The molecule has 1 N–H and O–H groups in total. The minimum Gasteiger partial charge on any atom is -0.497 e. The van der Waals surface area contributed by atoms with Crippen LogP contribution in [0.3, 0.4) is 0 Å². The lowest BCUT2D eigenvalue weighted by atomic mass is 9.89. The van der Waals surface area contributed by atoms with Crippen molar-refractivity contribution in [3.8, 4) is 11.4 Å². The van der Waals surface area contributed by atoms with Crippen molar-refractivity contribution in [1.29, 1.82) is 0 Å². The Morgan fingerprint density at radius 1 is 1.03 bits per heavy atom. The molecule has 0 bridgehead atoms. The number of likely N-dealkylation sites (tertiary alicyclic amines) is 1. The molecule has 30 heavy (non-hydrogen) atoms. The fourth-order valence-corrected chi connectivity index (χ4v) is 3.66. The van der Waals surface area contributed by atoms with Crippen molar-refractivity contribution < 1.29 is 14.3 Å². The van der Waals surface area contributed by atoms with E-state index in [-0.39, 0.29) is 17.7 Å². The topological polar surface area (TPSA) is 76.5 Å². The van der Waals surface area contributed by atoms with Crippen molar-refractivity contribution in [1.82, 2.24) is 14.7 Å². The molecule has 0 saturated carbocycles. The Labute approximate surface area is 175 Å². The van der Waals surface area contributed by atoms with E-state index in [0.717, 1.165) is 17.1 Å². The number of methoxy groups -OCH3 is 1. The van der Waals surface area contributed by atoms with Crippen LogP contribution in [0.15, 0.2) is 67.0 Å². The van der Waals surface area contributed by atoms with Gasteiger partial charge in [0.05, 0.1) is 12.8 Å². The van der Waals surface area contributed by atoms with Gasteiger partial charge in [0.15, 0.2) is 5.78 Å². The van der Waals surface area contributed by atoms with Crippen molar-refractivity contribution >= 4 is 17.5 Å². The van der Waals surface area contributed by atoms with Crippen LogP contribution in [0.25, 0.3) is 5.69 Å². The summed E-state index contributed by atoms with van der Waals surface area (Å²) in [4.78, 5) is 27.1. The summed E-state index contributed by atoms with van der Waals surface area (Å²) in [7, 11) is 1.60. The summed E-state index contributed by atoms with van der Waals surface area (Å²) in [5.41, 5.74) is 2.35. The predicted octanol–water partition coefficient (Wildman–Crippen LogP) is 4.01. The normalized spacial score (nSPS) is 14.4. The first-order valence-corrected chi connectivity index (χ1v) is 9.98. The lowest BCUT2D eigenvalue weighted by Crippen LogP contribution is -2.42. The van der Waals surface area contributed by atoms with Crippen LogP contribution in [0.1, 0.15) is 23.2 Å². The van der Waals surface area contributed by atoms with Crippen molar-refractivity contribution in [2.24, 2.45) is 5.92 Å². The van der Waals surface area contributed by atoms with Crippen LogP contribution in [0.5, 0.6) is 5.75 Å². The third kappa shape index (κ3) is 4.35.